The highest BCUT2D eigenvalue weighted by Crippen LogP contribution is 2.25. The van der Waals surface area contributed by atoms with Gasteiger partial charge in [-0.05, 0) is 31.4 Å². The maximum Gasteiger partial charge on any atom is 0.0201 e. The molecule has 0 radical (unpaired) electrons. The Balaban J connectivity index is 2.48. The summed E-state index contributed by atoms with van der Waals surface area (Å²) in [6.07, 6.45) is 5.03. The standard InChI is InChI=1S/C17H29NS/c1-4-10-16(18-13-5-2)17(6-3)19-14-15-11-8-7-9-12-15/h7-9,11-12,16-18H,4-6,10,13-14H2,1-3H3. The van der Waals surface area contributed by atoms with E-state index in [9.17, 15) is 0 Å². The molecule has 0 saturated carbocycles. The van der Waals surface area contributed by atoms with Crippen LogP contribution in [0, 0.1) is 0 Å². The van der Waals surface area contributed by atoms with E-state index in [0.717, 1.165) is 17.5 Å². The first-order valence-electron chi connectivity index (χ1n) is 7.70. The van der Waals surface area contributed by atoms with Crippen LogP contribution in [0.1, 0.15) is 52.0 Å². The lowest BCUT2D eigenvalue weighted by Gasteiger charge is -2.27. The molecule has 0 amide bonds. The average Bonchev–Trinajstić information content (AvgIpc) is 2.46. The highest BCUT2D eigenvalue weighted by atomic mass is 32.2. The van der Waals surface area contributed by atoms with Crippen molar-refractivity contribution in [2.45, 2.75) is 63.5 Å². The van der Waals surface area contributed by atoms with Crippen molar-refractivity contribution in [1.82, 2.24) is 5.32 Å². The van der Waals surface area contributed by atoms with Crippen molar-refractivity contribution in [2.24, 2.45) is 0 Å². The van der Waals surface area contributed by atoms with Crippen molar-refractivity contribution in [2.75, 3.05) is 6.54 Å². The molecule has 108 valence electrons. The van der Waals surface area contributed by atoms with Crippen molar-refractivity contribution in [3.05, 3.63) is 35.9 Å². The van der Waals surface area contributed by atoms with E-state index in [2.05, 4.69) is 68.2 Å². The molecule has 1 nitrogen and oxygen atoms in total. The smallest absolute Gasteiger partial charge is 0.0201 e. The van der Waals surface area contributed by atoms with Gasteiger partial charge in [-0.2, -0.15) is 11.8 Å². The van der Waals surface area contributed by atoms with Gasteiger partial charge >= 0.3 is 0 Å². The zero-order valence-corrected chi connectivity index (χ0v) is 13.5. The van der Waals surface area contributed by atoms with E-state index in [1.807, 2.05) is 0 Å². The fourth-order valence-electron chi connectivity index (χ4n) is 2.36. The molecule has 0 aliphatic carbocycles. The normalized spacial score (nSPS) is 14.3. The van der Waals surface area contributed by atoms with Crippen LogP contribution >= 0.6 is 11.8 Å². The molecule has 1 rings (SSSR count). The number of hydrogen-bond acceptors (Lipinski definition) is 2. The number of nitrogens with one attached hydrogen (secondary N) is 1. The van der Waals surface area contributed by atoms with Gasteiger partial charge in [0.05, 0.1) is 0 Å². The van der Waals surface area contributed by atoms with Gasteiger partial charge in [0, 0.05) is 17.0 Å². The quantitative estimate of drug-likeness (QED) is 0.656. The summed E-state index contributed by atoms with van der Waals surface area (Å²) in [4.78, 5) is 0. The molecule has 2 heteroatoms. The first-order valence-corrected chi connectivity index (χ1v) is 8.75. The van der Waals surface area contributed by atoms with E-state index >= 15 is 0 Å². The van der Waals surface area contributed by atoms with Crippen LogP contribution in [-0.4, -0.2) is 17.8 Å². The number of thioether (sulfide) groups is 1. The maximum absolute atomic E-state index is 3.74. The summed E-state index contributed by atoms with van der Waals surface area (Å²) < 4.78 is 0. The summed E-state index contributed by atoms with van der Waals surface area (Å²) in [5, 5.41) is 4.47. The minimum Gasteiger partial charge on any atom is -0.313 e. The lowest BCUT2D eigenvalue weighted by Crippen LogP contribution is -2.38. The molecular weight excluding hydrogens is 250 g/mol. The van der Waals surface area contributed by atoms with Crippen LogP contribution in [0.25, 0.3) is 0 Å². The topological polar surface area (TPSA) is 12.0 Å². The Kier molecular flexibility index (Phi) is 9.02. The molecule has 0 saturated heterocycles. The Morgan fingerprint density at radius 1 is 1.05 bits per heavy atom. The van der Waals surface area contributed by atoms with E-state index in [-0.39, 0.29) is 0 Å². The van der Waals surface area contributed by atoms with Gasteiger partial charge < -0.3 is 5.32 Å². The zero-order chi connectivity index (χ0) is 13.9. The molecule has 0 aromatic heterocycles. The van der Waals surface area contributed by atoms with Crippen LogP contribution in [0.3, 0.4) is 0 Å². The minimum absolute atomic E-state index is 0.670. The fraction of sp³-hybridized carbons (Fsp3) is 0.647. The SMILES string of the molecule is CCCNC(CCC)C(CC)SCc1ccccc1. The summed E-state index contributed by atoms with van der Waals surface area (Å²) in [7, 11) is 0. The average molecular weight is 279 g/mol. The van der Waals surface area contributed by atoms with E-state index in [4.69, 9.17) is 0 Å². The van der Waals surface area contributed by atoms with Gasteiger partial charge in [-0.1, -0.05) is 57.5 Å². The molecule has 0 spiro atoms. The van der Waals surface area contributed by atoms with E-state index < -0.39 is 0 Å². The number of benzene rings is 1. The lowest BCUT2D eigenvalue weighted by molar-refractivity contribution is 0.454. The Labute approximate surface area is 123 Å². The van der Waals surface area contributed by atoms with E-state index in [0.29, 0.717) is 6.04 Å². The highest BCUT2D eigenvalue weighted by Gasteiger charge is 2.18. The highest BCUT2D eigenvalue weighted by molar-refractivity contribution is 7.99. The van der Waals surface area contributed by atoms with Crippen molar-refractivity contribution in [1.29, 1.82) is 0 Å². The van der Waals surface area contributed by atoms with Crippen LogP contribution < -0.4 is 5.32 Å². The third kappa shape index (κ3) is 6.49. The Bertz CT molecular complexity index is 312. The van der Waals surface area contributed by atoms with Gasteiger partial charge in [-0.3, -0.25) is 0 Å². The predicted octanol–water partition coefficient (Wildman–Crippen LogP) is 4.87. The van der Waals surface area contributed by atoms with Crippen LogP contribution in [0.2, 0.25) is 0 Å². The van der Waals surface area contributed by atoms with Crippen LogP contribution in [0.4, 0.5) is 0 Å². The monoisotopic (exact) mass is 279 g/mol. The number of hydrogen-bond donors (Lipinski definition) is 1. The summed E-state index contributed by atoms with van der Waals surface area (Å²) in [6, 6.07) is 11.5. The molecule has 2 atom stereocenters. The van der Waals surface area contributed by atoms with Crippen molar-refractivity contribution in [3.63, 3.8) is 0 Å². The van der Waals surface area contributed by atoms with Crippen molar-refractivity contribution < 1.29 is 0 Å². The van der Waals surface area contributed by atoms with E-state index in [1.54, 1.807) is 0 Å². The molecule has 2 unspecified atom stereocenters. The summed E-state index contributed by atoms with van der Waals surface area (Å²) in [6.45, 7) is 8.00. The van der Waals surface area contributed by atoms with Crippen LogP contribution in [0.5, 0.6) is 0 Å². The van der Waals surface area contributed by atoms with Gasteiger partial charge in [0.25, 0.3) is 0 Å². The largest absolute Gasteiger partial charge is 0.313 e. The second kappa shape index (κ2) is 10.3. The van der Waals surface area contributed by atoms with E-state index in [1.165, 1.54) is 31.2 Å². The third-order valence-corrected chi connectivity index (χ3v) is 5.00. The summed E-state index contributed by atoms with van der Waals surface area (Å²) in [5.74, 6) is 1.13. The van der Waals surface area contributed by atoms with Gasteiger partial charge in [0.15, 0.2) is 0 Å². The van der Waals surface area contributed by atoms with Gasteiger partial charge in [-0.15, -0.1) is 0 Å². The van der Waals surface area contributed by atoms with Gasteiger partial charge in [-0.25, -0.2) is 0 Å². The second-order valence-corrected chi connectivity index (χ2v) is 6.32. The van der Waals surface area contributed by atoms with Gasteiger partial charge in [0.2, 0.25) is 0 Å². The van der Waals surface area contributed by atoms with Crippen LogP contribution in [-0.2, 0) is 5.75 Å². The van der Waals surface area contributed by atoms with Crippen molar-refractivity contribution >= 4 is 11.8 Å². The minimum atomic E-state index is 0.670. The molecule has 1 N–H and O–H groups in total. The summed E-state index contributed by atoms with van der Waals surface area (Å²) in [5.41, 5.74) is 1.44. The fourth-order valence-corrected chi connectivity index (χ4v) is 3.66. The third-order valence-electron chi connectivity index (χ3n) is 3.41. The lowest BCUT2D eigenvalue weighted by atomic mass is 10.1. The molecule has 0 fully saturated rings. The number of rotatable bonds is 10. The molecule has 0 aliphatic rings. The van der Waals surface area contributed by atoms with Crippen LogP contribution in [0.15, 0.2) is 30.3 Å². The van der Waals surface area contributed by atoms with Crippen molar-refractivity contribution in [3.8, 4) is 0 Å². The Hall–Kier alpha value is -0.470. The molecule has 0 bridgehead atoms. The Morgan fingerprint density at radius 2 is 1.79 bits per heavy atom. The Morgan fingerprint density at radius 3 is 2.37 bits per heavy atom. The first-order chi connectivity index (χ1) is 9.31. The molecule has 1 aromatic carbocycles. The molecule has 0 heterocycles. The maximum atomic E-state index is 3.74. The molecular formula is C17H29NS. The molecule has 0 aliphatic heterocycles. The first kappa shape index (κ1) is 16.6. The zero-order valence-electron chi connectivity index (χ0n) is 12.7. The molecule has 19 heavy (non-hydrogen) atoms. The summed E-state index contributed by atoms with van der Waals surface area (Å²) >= 11 is 2.11. The predicted molar refractivity (Wildman–Crippen MR) is 88.8 cm³/mol. The second-order valence-electron chi connectivity index (χ2n) is 5.09. The molecule has 1 aromatic rings. The van der Waals surface area contributed by atoms with Gasteiger partial charge in [0.1, 0.15) is 0 Å².